The second-order valence-corrected chi connectivity index (χ2v) is 12.6. The predicted molar refractivity (Wildman–Crippen MR) is 166 cm³/mol. The van der Waals surface area contributed by atoms with Crippen LogP contribution in [0.4, 0.5) is 0 Å². The van der Waals surface area contributed by atoms with Crippen LogP contribution in [-0.2, 0) is 18.6 Å². The van der Waals surface area contributed by atoms with Crippen LogP contribution in [0.15, 0.2) is 36.4 Å². The first kappa shape index (κ1) is 35.2. The molecular formula is C32H53NO7P+. The van der Waals surface area contributed by atoms with Crippen molar-refractivity contribution in [3.05, 3.63) is 36.4 Å². The van der Waals surface area contributed by atoms with Gasteiger partial charge in [0, 0.05) is 6.92 Å². The summed E-state index contributed by atoms with van der Waals surface area (Å²) in [5.74, 6) is 1.04. The number of carbonyl (C=O) groups excluding carboxylic acids is 1. The highest BCUT2D eigenvalue weighted by molar-refractivity contribution is 7.40. The molecule has 2 atom stereocenters. The third-order valence-corrected chi connectivity index (χ3v) is 7.43. The zero-order chi connectivity index (χ0) is 29.9. The minimum Gasteiger partial charge on any atom is -0.494 e. The highest BCUT2D eigenvalue weighted by Gasteiger charge is 2.18. The molecule has 2 aromatic rings. The van der Waals surface area contributed by atoms with Gasteiger partial charge in [0.05, 0.1) is 34.4 Å². The Labute approximate surface area is 248 Å². The van der Waals surface area contributed by atoms with Gasteiger partial charge >= 0.3 is 14.6 Å². The molecule has 1 N–H and O–H groups in total. The summed E-state index contributed by atoms with van der Waals surface area (Å²) in [6, 6.07) is 11.9. The van der Waals surface area contributed by atoms with Gasteiger partial charge in [-0.15, -0.1) is 0 Å². The highest BCUT2D eigenvalue weighted by atomic mass is 31.2. The summed E-state index contributed by atoms with van der Waals surface area (Å²) in [5, 5.41) is 2.09. The van der Waals surface area contributed by atoms with Crippen molar-refractivity contribution < 1.29 is 37.4 Å². The van der Waals surface area contributed by atoms with Crippen LogP contribution in [0, 0.1) is 0 Å². The molecule has 9 heteroatoms. The van der Waals surface area contributed by atoms with E-state index < -0.39 is 20.7 Å². The summed E-state index contributed by atoms with van der Waals surface area (Å²) in [6.45, 7) is 5.46. The zero-order valence-corrected chi connectivity index (χ0v) is 26.8. The van der Waals surface area contributed by atoms with E-state index in [2.05, 4.69) is 6.92 Å². The third kappa shape index (κ3) is 16.9. The average Bonchev–Trinajstić information content (AvgIpc) is 2.92. The van der Waals surface area contributed by atoms with E-state index in [-0.39, 0.29) is 13.2 Å². The van der Waals surface area contributed by atoms with Crippen molar-refractivity contribution in [2.45, 2.75) is 84.2 Å². The Morgan fingerprint density at radius 1 is 0.780 bits per heavy atom. The van der Waals surface area contributed by atoms with E-state index >= 15 is 0 Å². The van der Waals surface area contributed by atoms with Crippen LogP contribution >= 0.6 is 8.60 Å². The van der Waals surface area contributed by atoms with Gasteiger partial charge in [-0.3, -0.25) is 4.79 Å². The number of esters is 1. The van der Waals surface area contributed by atoms with Gasteiger partial charge in [0.1, 0.15) is 31.3 Å². The van der Waals surface area contributed by atoms with Crippen LogP contribution in [0.3, 0.4) is 0 Å². The molecule has 2 unspecified atom stereocenters. The van der Waals surface area contributed by atoms with E-state index in [0.29, 0.717) is 23.4 Å². The molecule has 232 valence electrons. The molecule has 0 fully saturated rings. The predicted octanol–water partition coefficient (Wildman–Crippen LogP) is 7.41. The maximum atomic E-state index is 11.6. The minimum atomic E-state index is -2.07. The zero-order valence-electron chi connectivity index (χ0n) is 25.9. The number of fused-ring (bicyclic) bond motifs is 1. The second-order valence-electron chi connectivity index (χ2n) is 11.6. The molecule has 0 amide bonds. The molecule has 2 rings (SSSR count). The summed E-state index contributed by atoms with van der Waals surface area (Å²) in [5.41, 5.74) is 0. The molecule has 0 radical (unpaired) electrons. The van der Waals surface area contributed by atoms with E-state index in [1.54, 1.807) is 0 Å². The molecule has 0 spiro atoms. The monoisotopic (exact) mass is 594 g/mol. The lowest BCUT2D eigenvalue weighted by Crippen LogP contribution is -2.37. The fraction of sp³-hybridized carbons (Fsp3) is 0.656. The van der Waals surface area contributed by atoms with E-state index in [1.807, 2.05) is 57.5 Å². The van der Waals surface area contributed by atoms with Crippen LogP contribution < -0.4 is 9.47 Å². The summed E-state index contributed by atoms with van der Waals surface area (Å²) < 4.78 is 28.8. The number of benzene rings is 2. The van der Waals surface area contributed by atoms with Crippen molar-refractivity contribution in [2.75, 3.05) is 54.1 Å². The second kappa shape index (κ2) is 20.0. The van der Waals surface area contributed by atoms with Gasteiger partial charge in [0.15, 0.2) is 6.10 Å². The number of nitrogens with zero attached hydrogens (tertiary/aromatic N) is 1. The molecule has 0 saturated carbocycles. The quantitative estimate of drug-likeness (QED) is 0.0621. The van der Waals surface area contributed by atoms with Gasteiger partial charge in [0.2, 0.25) is 0 Å². The molecule has 0 aliphatic carbocycles. The van der Waals surface area contributed by atoms with E-state index in [9.17, 15) is 9.69 Å². The van der Waals surface area contributed by atoms with E-state index in [0.717, 1.165) is 29.5 Å². The molecule has 0 aromatic heterocycles. The Bertz CT molecular complexity index is 998. The van der Waals surface area contributed by atoms with Gasteiger partial charge < -0.3 is 32.6 Å². The Morgan fingerprint density at radius 2 is 1.37 bits per heavy atom. The number of hydrogen-bond acceptors (Lipinski definition) is 7. The number of hydrogen-bond donors (Lipinski definition) is 1. The molecule has 0 aliphatic rings. The normalized spacial score (nSPS) is 13.2. The SMILES string of the molecule is CCCCCCCCCCCCOc1ccc2ccc(OCC(COP(O)OCC[N+](C)(C)C)OC(C)=O)cc2c1. The molecule has 8 nitrogen and oxygen atoms in total. The maximum Gasteiger partial charge on any atom is 0.330 e. The van der Waals surface area contributed by atoms with Crippen LogP contribution in [-0.4, -0.2) is 75.6 Å². The van der Waals surface area contributed by atoms with Gasteiger partial charge in [-0.25, -0.2) is 0 Å². The lowest BCUT2D eigenvalue weighted by Gasteiger charge is -2.24. The summed E-state index contributed by atoms with van der Waals surface area (Å²) >= 11 is 0. The summed E-state index contributed by atoms with van der Waals surface area (Å²) in [6.07, 6.45) is 12.3. The molecule has 0 aliphatic heterocycles. The lowest BCUT2D eigenvalue weighted by molar-refractivity contribution is -0.870. The van der Waals surface area contributed by atoms with Gasteiger partial charge in [-0.2, -0.15) is 0 Å². The molecule has 2 aromatic carbocycles. The fourth-order valence-corrected chi connectivity index (χ4v) is 4.89. The van der Waals surface area contributed by atoms with Crippen LogP contribution in [0.5, 0.6) is 11.5 Å². The number of quaternary nitrogens is 1. The molecular weight excluding hydrogens is 541 g/mol. The molecule has 0 heterocycles. The molecule has 41 heavy (non-hydrogen) atoms. The van der Waals surface area contributed by atoms with Crippen LogP contribution in [0.25, 0.3) is 10.8 Å². The Kier molecular flexibility index (Phi) is 17.2. The number of likely N-dealkylation sites (N-methyl/N-ethyl adjacent to an activating group) is 1. The van der Waals surface area contributed by atoms with Crippen molar-refractivity contribution in [1.82, 2.24) is 0 Å². The first-order valence-electron chi connectivity index (χ1n) is 15.2. The van der Waals surface area contributed by atoms with Crippen molar-refractivity contribution in [1.29, 1.82) is 0 Å². The number of rotatable bonds is 23. The van der Waals surface area contributed by atoms with Crippen LogP contribution in [0.1, 0.15) is 78.1 Å². The van der Waals surface area contributed by atoms with E-state index in [1.165, 1.54) is 64.7 Å². The van der Waals surface area contributed by atoms with Crippen molar-refractivity contribution in [3.8, 4) is 11.5 Å². The molecule has 0 saturated heterocycles. The van der Waals surface area contributed by atoms with Crippen molar-refractivity contribution >= 4 is 25.3 Å². The lowest BCUT2D eigenvalue weighted by atomic mass is 10.1. The Hall–Kier alpha value is -1.96. The average molecular weight is 595 g/mol. The van der Waals surface area contributed by atoms with Gasteiger partial charge in [-0.1, -0.05) is 76.8 Å². The summed E-state index contributed by atoms with van der Waals surface area (Å²) in [4.78, 5) is 21.6. The fourth-order valence-electron chi connectivity index (χ4n) is 4.28. The largest absolute Gasteiger partial charge is 0.494 e. The number of ether oxygens (including phenoxy) is 3. The maximum absolute atomic E-state index is 11.6. The van der Waals surface area contributed by atoms with Crippen LogP contribution in [0.2, 0.25) is 0 Å². The Morgan fingerprint density at radius 3 is 1.95 bits per heavy atom. The van der Waals surface area contributed by atoms with Gasteiger partial charge in [0.25, 0.3) is 0 Å². The molecule has 0 bridgehead atoms. The highest BCUT2D eigenvalue weighted by Crippen LogP contribution is 2.33. The first-order valence-corrected chi connectivity index (χ1v) is 16.3. The Balaban J connectivity index is 1.76. The third-order valence-electron chi connectivity index (χ3n) is 6.65. The topological polar surface area (TPSA) is 83.5 Å². The minimum absolute atomic E-state index is 0.0311. The van der Waals surface area contributed by atoms with Crippen molar-refractivity contribution in [2.24, 2.45) is 0 Å². The summed E-state index contributed by atoms with van der Waals surface area (Å²) in [7, 11) is 4.05. The smallest absolute Gasteiger partial charge is 0.330 e. The van der Waals surface area contributed by atoms with E-state index in [4.69, 9.17) is 23.3 Å². The number of carbonyl (C=O) groups is 1. The van der Waals surface area contributed by atoms with Crippen molar-refractivity contribution in [3.63, 3.8) is 0 Å². The van der Waals surface area contributed by atoms with Gasteiger partial charge in [-0.05, 0) is 41.5 Å². The first-order chi connectivity index (χ1) is 19.7. The standard InChI is InChI=1S/C32H53NO7P/c1-6-7-8-9-10-11-12-13-14-15-21-36-30-18-16-28-17-19-31(24-29(28)23-30)37-25-32(40-27(2)34)26-39-41(35)38-22-20-33(3,4)5/h16-19,23-24,32,35H,6-15,20-22,25-26H2,1-5H3/q+1. The number of unbranched alkanes of at least 4 members (excludes halogenated alkanes) is 9.